The fourth-order valence-electron chi connectivity index (χ4n) is 3.04. The molecule has 3 heterocycles. The van der Waals surface area contributed by atoms with Crippen LogP contribution in [0.15, 0.2) is 41.0 Å². The number of hydrogen-bond acceptors (Lipinski definition) is 7. The Balaban J connectivity index is 1.30. The van der Waals surface area contributed by atoms with Crippen LogP contribution in [-0.4, -0.2) is 55.3 Å². The van der Waals surface area contributed by atoms with Crippen LogP contribution in [0.5, 0.6) is 11.5 Å². The summed E-state index contributed by atoms with van der Waals surface area (Å²) in [5, 5.41) is 4.94. The van der Waals surface area contributed by atoms with Gasteiger partial charge in [0.2, 0.25) is 6.79 Å². The highest BCUT2D eigenvalue weighted by Gasteiger charge is 2.32. The number of amides is 3. The number of carbonyl (C=O) groups is 3. The predicted molar refractivity (Wildman–Crippen MR) is 96.9 cm³/mol. The van der Waals surface area contributed by atoms with Gasteiger partial charge in [-0.3, -0.25) is 14.4 Å². The van der Waals surface area contributed by atoms with Crippen LogP contribution in [0.4, 0.5) is 0 Å². The minimum atomic E-state index is -0.817. The smallest absolute Gasteiger partial charge is 0.309 e. The van der Waals surface area contributed by atoms with Crippen molar-refractivity contribution in [2.45, 2.75) is 12.8 Å². The maximum atomic E-state index is 12.8. The van der Waals surface area contributed by atoms with E-state index < -0.39 is 18.0 Å². The Morgan fingerprint density at radius 2 is 1.90 bits per heavy atom. The van der Waals surface area contributed by atoms with E-state index in [1.807, 2.05) is 0 Å². The number of ether oxygens (including phenoxy) is 3. The molecular weight excluding hydrogens is 382 g/mol. The lowest BCUT2D eigenvalue weighted by Gasteiger charge is -2.23. The van der Waals surface area contributed by atoms with Crippen LogP contribution in [0.1, 0.15) is 16.1 Å². The summed E-state index contributed by atoms with van der Waals surface area (Å²) >= 11 is 0. The number of benzene rings is 1. The highest BCUT2D eigenvalue weighted by Crippen LogP contribution is 2.33. The van der Waals surface area contributed by atoms with Crippen molar-refractivity contribution in [2.24, 2.45) is 0 Å². The average molecular weight is 401 g/mol. The molecule has 0 radical (unpaired) electrons. The Kier molecular flexibility index (Phi) is 5.34. The van der Waals surface area contributed by atoms with Gasteiger partial charge >= 0.3 is 11.8 Å². The summed E-state index contributed by atoms with van der Waals surface area (Å²) < 4.78 is 21.2. The van der Waals surface area contributed by atoms with Crippen molar-refractivity contribution in [3.8, 4) is 11.5 Å². The standard InChI is InChI=1S/C19H19N3O7/c23-17(20-9-13-2-1-6-26-13)18(24)21-10-16-22(5-7-27-16)19(25)12-3-4-14-15(8-12)29-11-28-14/h1-4,6,8,16H,5,7,9-11H2,(H,20,23)(H,21,24)/t16-/m0/s1. The van der Waals surface area contributed by atoms with E-state index in [-0.39, 0.29) is 25.8 Å². The lowest BCUT2D eigenvalue weighted by atomic mass is 10.1. The number of nitrogens with one attached hydrogen (secondary N) is 2. The normalized spacial score (nSPS) is 17.2. The van der Waals surface area contributed by atoms with Gasteiger partial charge in [0.25, 0.3) is 5.91 Å². The maximum Gasteiger partial charge on any atom is 0.309 e. The van der Waals surface area contributed by atoms with E-state index in [0.717, 1.165) is 0 Å². The summed E-state index contributed by atoms with van der Waals surface area (Å²) in [6.07, 6.45) is 0.805. The summed E-state index contributed by atoms with van der Waals surface area (Å²) in [6, 6.07) is 8.30. The highest BCUT2D eigenvalue weighted by atomic mass is 16.7. The molecule has 0 spiro atoms. The molecule has 29 heavy (non-hydrogen) atoms. The maximum absolute atomic E-state index is 12.8. The lowest BCUT2D eigenvalue weighted by molar-refractivity contribution is -0.139. The molecule has 2 aliphatic rings. The van der Waals surface area contributed by atoms with Crippen molar-refractivity contribution in [3.63, 3.8) is 0 Å². The molecule has 1 aromatic carbocycles. The van der Waals surface area contributed by atoms with Gasteiger partial charge in [-0.2, -0.15) is 0 Å². The van der Waals surface area contributed by atoms with E-state index in [4.69, 9.17) is 18.6 Å². The predicted octanol–water partition coefficient (Wildman–Crippen LogP) is 0.239. The topological polar surface area (TPSA) is 119 Å². The minimum Gasteiger partial charge on any atom is -0.467 e. The van der Waals surface area contributed by atoms with Gasteiger partial charge in [0, 0.05) is 12.1 Å². The first-order valence-corrected chi connectivity index (χ1v) is 9.02. The first kappa shape index (κ1) is 18.8. The first-order valence-electron chi connectivity index (χ1n) is 9.02. The number of rotatable bonds is 5. The Morgan fingerprint density at radius 1 is 1.07 bits per heavy atom. The molecular formula is C19H19N3O7. The summed E-state index contributed by atoms with van der Waals surface area (Å²) in [5.41, 5.74) is 0.423. The third-order valence-electron chi connectivity index (χ3n) is 4.52. The van der Waals surface area contributed by atoms with E-state index in [1.54, 1.807) is 30.3 Å². The molecule has 2 aliphatic heterocycles. The van der Waals surface area contributed by atoms with Crippen LogP contribution in [0.25, 0.3) is 0 Å². The third kappa shape index (κ3) is 4.16. The minimum absolute atomic E-state index is 0.0106. The molecule has 1 atom stereocenters. The summed E-state index contributed by atoms with van der Waals surface area (Å²) in [5.74, 6) is -0.249. The fourth-order valence-corrected chi connectivity index (χ4v) is 3.04. The molecule has 1 saturated heterocycles. The number of hydrogen-bond donors (Lipinski definition) is 2. The van der Waals surface area contributed by atoms with Gasteiger partial charge in [-0.1, -0.05) is 0 Å². The molecule has 1 fully saturated rings. The molecule has 0 unspecified atom stereocenters. The van der Waals surface area contributed by atoms with Crippen LogP contribution in [0.2, 0.25) is 0 Å². The zero-order chi connectivity index (χ0) is 20.2. The number of furan rings is 1. The molecule has 10 heteroatoms. The molecule has 0 bridgehead atoms. The molecule has 10 nitrogen and oxygen atoms in total. The van der Waals surface area contributed by atoms with Crippen molar-refractivity contribution in [2.75, 3.05) is 26.5 Å². The van der Waals surface area contributed by atoms with E-state index >= 15 is 0 Å². The zero-order valence-corrected chi connectivity index (χ0v) is 15.4. The van der Waals surface area contributed by atoms with Crippen LogP contribution >= 0.6 is 0 Å². The summed E-state index contributed by atoms with van der Waals surface area (Å²) in [4.78, 5) is 38.2. The number of carbonyl (C=O) groups excluding carboxylic acids is 3. The quantitative estimate of drug-likeness (QED) is 0.689. The fraction of sp³-hybridized carbons (Fsp3) is 0.316. The Bertz CT molecular complexity index is 913. The van der Waals surface area contributed by atoms with Gasteiger partial charge in [-0.25, -0.2) is 0 Å². The molecule has 2 N–H and O–H groups in total. The molecule has 3 amide bonds. The van der Waals surface area contributed by atoms with Gasteiger partial charge in [0.1, 0.15) is 12.0 Å². The Hall–Kier alpha value is -3.53. The van der Waals surface area contributed by atoms with Gasteiger partial charge in [0.05, 0.1) is 26.0 Å². The van der Waals surface area contributed by atoms with Crippen molar-refractivity contribution in [1.82, 2.24) is 15.5 Å². The molecule has 0 saturated carbocycles. The highest BCUT2D eigenvalue weighted by molar-refractivity contribution is 6.35. The molecule has 0 aliphatic carbocycles. The number of nitrogens with zero attached hydrogens (tertiary/aromatic N) is 1. The average Bonchev–Trinajstić information content (AvgIpc) is 3.50. The molecule has 2 aromatic rings. The second-order valence-corrected chi connectivity index (χ2v) is 6.36. The SMILES string of the molecule is O=C(NCc1ccco1)C(=O)NC[C@@H]1OCCN1C(=O)c1ccc2c(c1)OCO2. The van der Waals surface area contributed by atoms with Crippen LogP contribution < -0.4 is 20.1 Å². The second kappa shape index (κ2) is 8.23. The number of fused-ring (bicyclic) bond motifs is 1. The van der Waals surface area contributed by atoms with Crippen molar-refractivity contribution < 1.29 is 33.0 Å². The van der Waals surface area contributed by atoms with E-state index in [2.05, 4.69) is 10.6 Å². The van der Waals surface area contributed by atoms with Crippen molar-refractivity contribution in [3.05, 3.63) is 47.9 Å². The molecule has 4 rings (SSSR count). The summed E-state index contributed by atoms with van der Waals surface area (Å²) in [7, 11) is 0. The second-order valence-electron chi connectivity index (χ2n) is 6.36. The third-order valence-corrected chi connectivity index (χ3v) is 4.52. The summed E-state index contributed by atoms with van der Waals surface area (Å²) in [6.45, 7) is 0.924. The van der Waals surface area contributed by atoms with E-state index in [1.165, 1.54) is 11.2 Å². The molecule has 152 valence electrons. The molecule has 1 aromatic heterocycles. The Labute approximate surface area is 165 Å². The van der Waals surface area contributed by atoms with Crippen molar-refractivity contribution >= 4 is 17.7 Å². The van der Waals surface area contributed by atoms with Crippen LogP contribution in [0, 0.1) is 0 Å². The van der Waals surface area contributed by atoms with Crippen molar-refractivity contribution in [1.29, 1.82) is 0 Å². The van der Waals surface area contributed by atoms with E-state index in [9.17, 15) is 14.4 Å². The van der Waals surface area contributed by atoms with Gasteiger partial charge < -0.3 is 34.2 Å². The zero-order valence-electron chi connectivity index (χ0n) is 15.4. The van der Waals surface area contributed by atoms with Gasteiger partial charge in [-0.15, -0.1) is 0 Å². The first-order chi connectivity index (χ1) is 14.1. The van der Waals surface area contributed by atoms with Crippen LogP contribution in [0.3, 0.4) is 0 Å². The van der Waals surface area contributed by atoms with Gasteiger partial charge in [-0.05, 0) is 30.3 Å². The monoisotopic (exact) mass is 401 g/mol. The lowest BCUT2D eigenvalue weighted by Crippen LogP contribution is -2.47. The Morgan fingerprint density at radius 3 is 2.72 bits per heavy atom. The largest absolute Gasteiger partial charge is 0.467 e. The van der Waals surface area contributed by atoms with E-state index in [0.29, 0.717) is 36.0 Å². The van der Waals surface area contributed by atoms with Gasteiger partial charge in [0.15, 0.2) is 11.5 Å². The van der Waals surface area contributed by atoms with Crippen LogP contribution in [-0.2, 0) is 20.9 Å².